The molecule has 3 aromatic heterocycles. The van der Waals surface area contributed by atoms with E-state index in [4.69, 9.17) is 9.47 Å². The quantitative estimate of drug-likeness (QED) is 0.336. The van der Waals surface area contributed by atoms with Crippen LogP contribution in [0, 0.1) is 5.92 Å². The number of nitrogens with one attached hydrogen (secondary N) is 2. The van der Waals surface area contributed by atoms with Crippen molar-refractivity contribution in [3.05, 3.63) is 35.1 Å². The van der Waals surface area contributed by atoms with Crippen molar-refractivity contribution in [3.8, 4) is 5.75 Å². The van der Waals surface area contributed by atoms with Gasteiger partial charge in [-0.1, -0.05) is 0 Å². The van der Waals surface area contributed by atoms with Gasteiger partial charge in [0.25, 0.3) is 0 Å². The normalized spacial score (nSPS) is 23.5. The average Bonchev–Trinajstić information content (AvgIpc) is 3.46. The Hall–Kier alpha value is -2.79. The minimum Gasteiger partial charge on any atom is -0.489 e. The van der Waals surface area contributed by atoms with Gasteiger partial charge in [0.15, 0.2) is 0 Å². The van der Waals surface area contributed by atoms with Gasteiger partial charge in [0.05, 0.1) is 41.1 Å². The van der Waals surface area contributed by atoms with Gasteiger partial charge in [0.1, 0.15) is 29.0 Å². The molecule has 2 aliphatic rings. The summed E-state index contributed by atoms with van der Waals surface area (Å²) in [7, 11) is 0. The molecule has 1 aliphatic carbocycles. The van der Waals surface area contributed by atoms with Crippen molar-refractivity contribution in [2.45, 2.75) is 71.5 Å². The molecule has 10 heteroatoms. The first kappa shape index (κ1) is 24.5. The zero-order valence-corrected chi connectivity index (χ0v) is 22.5. The summed E-state index contributed by atoms with van der Waals surface area (Å²) < 4.78 is 12.0. The Kier molecular flexibility index (Phi) is 6.52. The van der Waals surface area contributed by atoms with Gasteiger partial charge in [-0.3, -0.25) is 10.00 Å². The van der Waals surface area contributed by atoms with Gasteiger partial charge in [0.2, 0.25) is 0 Å². The summed E-state index contributed by atoms with van der Waals surface area (Å²) >= 11 is 1.72. The van der Waals surface area contributed by atoms with Crippen LogP contribution in [0.4, 0.5) is 11.5 Å². The van der Waals surface area contributed by atoms with Crippen LogP contribution < -0.4 is 10.1 Å². The highest BCUT2D eigenvalue weighted by atomic mass is 32.1. The molecular weight excluding hydrogens is 488 g/mol. The van der Waals surface area contributed by atoms with Crippen LogP contribution in [-0.4, -0.2) is 67.8 Å². The molecule has 0 radical (unpaired) electrons. The van der Waals surface area contributed by atoms with E-state index in [1.165, 1.54) is 10.4 Å². The molecule has 4 atom stereocenters. The van der Waals surface area contributed by atoms with E-state index in [9.17, 15) is 5.11 Å². The van der Waals surface area contributed by atoms with Crippen LogP contribution in [0.2, 0.25) is 0 Å². The Morgan fingerprint density at radius 3 is 2.81 bits per heavy atom. The number of hydrogen-bond donors (Lipinski definition) is 3. The van der Waals surface area contributed by atoms with Crippen LogP contribution >= 0.6 is 11.3 Å². The standard InChI is InChI=1S/C27H34N6O3S/c1-14(2)35-22-9-20-18(10-30-32-20)7-21(22)31-25-24-19-6-5-17(8-23(19)37-26(24)29-13-28-25)27(34)33-11-15(3)36-16(4)12-33/h7,9-10,13-17,27,34H,5-6,8,11-12H2,1-4H3,(H,30,32)(H,28,29,31). The number of nitrogens with zero attached hydrogens (tertiary/aromatic N) is 4. The molecule has 1 aliphatic heterocycles. The summed E-state index contributed by atoms with van der Waals surface area (Å²) in [6.45, 7) is 9.72. The lowest BCUT2D eigenvalue weighted by Crippen LogP contribution is -2.53. The first-order chi connectivity index (χ1) is 17.9. The van der Waals surface area contributed by atoms with Crippen LogP contribution in [0.15, 0.2) is 24.7 Å². The second-order valence-electron chi connectivity index (χ2n) is 10.6. The van der Waals surface area contributed by atoms with E-state index in [2.05, 4.69) is 44.2 Å². The molecular formula is C27H34N6O3S. The lowest BCUT2D eigenvalue weighted by Gasteiger charge is -2.41. The van der Waals surface area contributed by atoms with Crippen LogP contribution in [0.1, 0.15) is 44.6 Å². The zero-order chi connectivity index (χ0) is 25.7. The molecule has 4 heterocycles. The van der Waals surface area contributed by atoms with E-state index in [1.54, 1.807) is 17.7 Å². The molecule has 196 valence electrons. The number of fused-ring (bicyclic) bond motifs is 4. The van der Waals surface area contributed by atoms with E-state index >= 15 is 0 Å². The molecule has 1 saturated heterocycles. The van der Waals surface area contributed by atoms with Crippen LogP contribution in [0.3, 0.4) is 0 Å². The summed E-state index contributed by atoms with van der Waals surface area (Å²) in [6.07, 6.45) is 5.93. The van der Waals surface area contributed by atoms with Crippen molar-refractivity contribution in [2.75, 3.05) is 18.4 Å². The number of aromatic amines is 1. The number of thiophene rings is 1. The molecule has 3 N–H and O–H groups in total. The fourth-order valence-electron chi connectivity index (χ4n) is 5.77. The molecule has 37 heavy (non-hydrogen) atoms. The molecule has 0 spiro atoms. The van der Waals surface area contributed by atoms with Gasteiger partial charge in [-0.15, -0.1) is 11.3 Å². The Labute approximate surface area is 220 Å². The van der Waals surface area contributed by atoms with Gasteiger partial charge >= 0.3 is 0 Å². The van der Waals surface area contributed by atoms with E-state index in [-0.39, 0.29) is 24.2 Å². The third-order valence-corrected chi connectivity index (χ3v) is 8.45. The minimum absolute atomic E-state index is 0.0287. The Morgan fingerprint density at radius 2 is 2.03 bits per heavy atom. The molecule has 9 nitrogen and oxygen atoms in total. The molecule has 0 amide bonds. The lowest BCUT2D eigenvalue weighted by molar-refractivity contribution is -0.136. The molecule has 0 saturated carbocycles. The van der Waals surface area contributed by atoms with Crippen molar-refractivity contribution < 1.29 is 14.6 Å². The van der Waals surface area contributed by atoms with Gasteiger partial charge in [-0.25, -0.2) is 9.97 Å². The number of rotatable bonds is 6. The zero-order valence-electron chi connectivity index (χ0n) is 21.7. The molecule has 4 aromatic rings. The van der Waals surface area contributed by atoms with Crippen molar-refractivity contribution >= 4 is 44.0 Å². The fraction of sp³-hybridized carbons (Fsp3) is 0.519. The third-order valence-electron chi connectivity index (χ3n) is 7.28. The predicted octanol–water partition coefficient (Wildman–Crippen LogP) is 4.63. The van der Waals surface area contributed by atoms with Crippen molar-refractivity contribution in [1.82, 2.24) is 25.1 Å². The molecule has 1 aromatic carbocycles. The van der Waals surface area contributed by atoms with Gasteiger partial charge in [0, 0.05) is 35.3 Å². The van der Waals surface area contributed by atoms with Gasteiger partial charge < -0.3 is 19.9 Å². The topological polar surface area (TPSA) is 108 Å². The number of H-pyrrole nitrogens is 1. The molecule has 0 bridgehead atoms. The molecule has 4 unspecified atom stereocenters. The minimum atomic E-state index is -0.465. The number of aliphatic hydroxyl groups is 1. The van der Waals surface area contributed by atoms with Crippen molar-refractivity contribution in [3.63, 3.8) is 0 Å². The maximum absolute atomic E-state index is 11.3. The second kappa shape index (κ2) is 9.83. The van der Waals surface area contributed by atoms with E-state index in [0.29, 0.717) is 0 Å². The number of aryl methyl sites for hydroxylation is 1. The largest absolute Gasteiger partial charge is 0.489 e. The Bertz CT molecular complexity index is 1410. The Morgan fingerprint density at radius 1 is 1.22 bits per heavy atom. The molecule has 1 fully saturated rings. The van der Waals surface area contributed by atoms with Crippen LogP contribution in [0.25, 0.3) is 21.1 Å². The first-order valence-electron chi connectivity index (χ1n) is 13.1. The van der Waals surface area contributed by atoms with Gasteiger partial charge in [-0.05, 0) is 58.6 Å². The average molecular weight is 523 g/mol. The number of aromatic nitrogens is 4. The monoisotopic (exact) mass is 522 g/mol. The highest BCUT2D eigenvalue weighted by molar-refractivity contribution is 7.19. The summed E-state index contributed by atoms with van der Waals surface area (Å²) in [6, 6.07) is 4.02. The first-order valence-corrected chi connectivity index (χ1v) is 13.9. The number of aliphatic hydroxyl groups excluding tert-OH is 1. The Balaban J connectivity index is 1.30. The van der Waals surface area contributed by atoms with Crippen LogP contribution in [-0.2, 0) is 17.6 Å². The summed E-state index contributed by atoms with van der Waals surface area (Å²) in [5.41, 5.74) is 3.07. The SMILES string of the molecule is CC(C)Oc1cc2[nH]ncc2cc1Nc1ncnc2sc3c(c12)CCC(C(O)N1CC(C)OC(C)C1)C3. The highest BCUT2D eigenvalue weighted by Gasteiger charge is 2.35. The van der Waals surface area contributed by atoms with Crippen molar-refractivity contribution in [1.29, 1.82) is 0 Å². The molecule has 6 rings (SSSR count). The third kappa shape index (κ3) is 4.79. The number of ether oxygens (including phenoxy) is 2. The lowest BCUT2D eigenvalue weighted by atomic mass is 9.86. The number of hydrogen-bond acceptors (Lipinski definition) is 9. The summed E-state index contributed by atoms with van der Waals surface area (Å²) in [5.74, 6) is 1.73. The summed E-state index contributed by atoms with van der Waals surface area (Å²) in [5, 5.41) is 24.1. The predicted molar refractivity (Wildman–Crippen MR) is 146 cm³/mol. The highest BCUT2D eigenvalue weighted by Crippen LogP contribution is 2.42. The number of morpholine rings is 1. The van der Waals surface area contributed by atoms with Gasteiger partial charge in [-0.2, -0.15) is 5.10 Å². The smallest absolute Gasteiger partial charge is 0.145 e. The number of benzene rings is 1. The summed E-state index contributed by atoms with van der Waals surface area (Å²) in [4.78, 5) is 13.7. The maximum atomic E-state index is 11.3. The fourth-order valence-corrected chi connectivity index (χ4v) is 7.04. The van der Waals surface area contributed by atoms with E-state index in [0.717, 1.165) is 70.7 Å². The van der Waals surface area contributed by atoms with Crippen molar-refractivity contribution in [2.24, 2.45) is 5.92 Å². The van der Waals surface area contributed by atoms with Crippen LogP contribution in [0.5, 0.6) is 5.75 Å². The second-order valence-corrected chi connectivity index (χ2v) is 11.7. The van der Waals surface area contributed by atoms with E-state index < -0.39 is 6.23 Å². The van der Waals surface area contributed by atoms with E-state index in [1.807, 2.05) is 32.2 Å². The maximum Gasteiger partial charge on any atom is 0.145 e. The number of anilines is 2.